The number of carbonyl (C=O) groups is 1. The summed E-state index contributed by atoms with van der Waals surface area (Å²) in [5.74, 6) is -0.230. The Labute approximate surface area is 119 Å². The number of halogens is 2. The van der Waals surface area contributed by atoms with E-state index in [0.29, 0.717) is 18.2 Å². The number of hydrogen-bond donors (Lipinski definition) is 1. The second-order valence-corrected chi connectivity index (χ2v) is 5.46. The highest BCUT2D eigenvalue weighted by molar-refractivity contribution is 14.1. The first-order valence-corrected chi connectivity index (χ1v) is 6.70. The molecule has 0 fully saturated rings. The molecule has 1 unspecified atom stereocenters. The van der Waals surface area contributed by atoms with Crippen molar-refractivity contribution in [3.8, 4) is 0 Å². The second kappa shape index (κ2) is 6.55. The van der Waals surface area contributed by atoms with E-state index in [2.05, 4.69) is 15.2 Å². The number of ether oxygens (including phenoxy) is 1. The Hall–Kier alpha value is -0.340. The highest BCUT2D eigenvalue weighted by atomic mass is 127. The Bertz CT molecular complexity index is 409. The van der Waals surface area contributed by atoms with E-state index in [4.69, 9.17) is 11.6 Å². The molecule has 1 heterocycles. The molecule has 17 heavy (non-hydrogen) atoms. The lowest BCUT2D eigenvalue weighted by Gasteiger charge is -2.09. The third-order valence-electron chi connectivity index (χ3n) is 2.35. The molecule has 0 saturated carbocycles. The third-order valence-corrected chi connectivity index (χ3v) is 3.77. The van der Waals surface area contributed by atoms with E-state index in [1.807, 2.05) is 29.5 Å². The highest BCUT2D eigenvalue weighted by Gasteiger charge is 2.15. The minimum absolute atomic E-state index is 0.201. The molecule has 0 aliphatic carbocycles. The van der Waals surface area contributed by atoms with Crippen LogP contribution in [-0.4, -0.2) is 33.3 Å². The van der Waals surface area contributed by atoms with Crippen LogP contribution in [0.1, 0.15) is 11.3 Å². The van der Waals surface area contributed by atoms with E-state index in [1.54, 1.807) is 11.7 Å². The highest BCUT2D eigenvalue weighted by Crippen LogP contribution is 2.18. The summed E-state index contributed by atoms with van der Waals surface area (Å²) in [5.41, 5.74) is 1.86. The van der Waals surface area contributed by atoms with Crippen LogP contribution in [0, 0.1) is 6.92 Å². The van der Waals surface area contributed by atoms with Gasteiger partial charge < -0.3 is 10.1 Å². The molecule has 7 heteroatoms. The van der Waals surface area contributed by atoms with Crippen molar-refractivity contribution in [1.29, 1.82) is 0 Å². The molecule has 1 atom stereocenters. The fraction of sp³-hybridized carbons (Fsp3) is 0.600. The molecular formula is C10H15ClIN3O2. The van der Waals surface area contributed by atoms with Crippen molar-refractivity contribution in [2.75, 3.05) is 13.7 Å². The molecule has 1 rings (SSSR count). The number of aryl methyl sites for hydroxylation is 2. The molecule has 1 aromatic heterocycles. The van der Waals surface area contributed by atoms with Gasteiger partial charge in [0.2, 0.25) is 0 Å². The Morgan fingerprint density at radius 3 is 2.82 bits per heavy atom. The lowest BCUT2D eigenvalue weighted by molar-refractivity contribution is -0.139. The molecule has 5 nitrogen and oxygen atoms in total. The maximum Gasteiger partial charge on any atom is 0.319 e. The van der Waals surface area contributed by atoms with Crippen LogP contribution < -0.4 is 5.32 Å². The Morgan fingerprint density at radius 1 is 1.71 bits per heavy atom. The largest absolute Gasteiger partial charge is 0.468 e. The minimum atomic E-state index is -0.230. The summed E-state index contributed by atoms with van der Waals surface area (Å²) in [6.45, 7) is 3.04. The zero-order valence-electron chi connectivity index (χ0n) is 9.96. The number of nitrogens with zero attached hydrogens (tertiary/aromatic N) is 2. The zero-order valence-corrected chi connectivity index (χ0v) is 12.9. The van der Waals surface area contributed by atoms with Gasteiger partial charge in [-0.3, -0.25) is 9.48 Å². The molecule has 0 aliphatic heterocycles. The van der Waals surface area contributed by atoms with Crippen molar-refractivity contribution in [2.45, 2.75) is 17.4 Å². The Kier molecular flexibility index (Phi) is 5.68. The fourth-order valence-electron chi connectivity index (χ4n) is 1.41. The van der Waals surface area contributed by atoms with Crippen molar-refractivity contribution in [1.82, 2.24) is 15.1 Å². The summed E-state index contributed by atoms with van der Waals surface area (Å²) in [5, 5.41) is 8.00. The SMILES string of the molecule is COC(=O)C(I)CNCc1c(C)nn(C)c1Cl. The van der Waals surface area contributed by atoms with Crippen LogP contribution in [0.5, 0.6) is 0 Å². The first-order valence-electron chi connectivity index (χ1n) is 5.08. The van der Waals surface area contributed by atoms with E-state index in [9.17, 15) is 4.79 Å². The number of methoxy groups -OCH3 is 1. The molecule has 1 N–H and O–H groups in total. The molecule has 0 saturated heterocycles. The molecule has 1 aromatic rings. The topological polar surface area (TPSA) is 56.1 Å². The lowest BCUT2D eigenvalue weighted by atomic mass is 10.2. The molecular weight excluding hydrogens is 356 g/mol. The summed E-state index contributed by atoms with van der Waals surface area (Å²) in [7, 11) is 3.19. The van der Waals surface area contributed by atoms with Gasteiger partial charge in [-0.1, -0.05) is 34.2 Å². The lowest BCUT2D eigenvalue weighted by Crippen LogP contribution is -2.29. The maximum atomic E-state index is 11.2. The predicted octanol–water partition coefficient (Wildman–Crippen LogP) is 1.45. The van der Waals surface area contributed by atoms with Crippen LogP contribution >= 0.6 is 34.2 Å². The fourth-order valence-corrected chi connectivity index (χ4v) is 2.22. The van der Waals surface area contributed by atoms with Crippen LogP contribution in [0.25, 0.3) is 0 Å². The minimum Gasteiger partial charge on any atom is -0.468 e. The summed E-state index contributed by atoms with van der Waals surface area (Å²) >= 11 is 8.13. The van der Waals surface area contributed by atoms with Gasteiger partial charge in [0.15, 0.2) is 0 Å². The molecule has 96 valence electrons. The quantitative estimate of drug-likeness (QED) is 0.483. The average Bonchev–Trinajstić information content (AvgIpc) is 2.54. The summed E-state index contributed by atoms with van der Waals surface area (Å²) in [6, 6.07) is 0. The maximum absolute atomic E-state index is 11.2. The van der Waals surface area contributed by atoms with Gasteiger partial charge in [-0.25, -0.2) is 0 Å². The molecule has 0 aromatic carbocycles. The normalized spacial score (nSPS) is 12.5. The van der Waals surface area contributed by atoms with Crippen LogP contribution in [0.3, 0.4) is 0 Å². The van der Waals surface area contributed by atoms with Crippen LogP contribution in [-0.2, 0) is 23.1 Å². The number of esters is 1. The van der Waals surface area contributed by atoms with E-state index in [1.165, 1.54) is 7.11 Å². The van der Waals surface area contributed by atoms with Crippen molar-refractivity contribution in [2.24, 2.45) is 7.05 Å². The summed E-state index contributed by atoms with van der Waals surface area (Å²) in [6.07, 6.45) is 0. The molecule has 0 amide bonds. The number of aromatic nitrogens is 2. The number of alkyl halides is 1. The van der Waals surface area contributed by atoms with E-state index in [-0.39, 0.29) is 9.89 Å². The Balaban J connectivity index is 2.49. The van der Waals surface area contributed by atoms with Gasteiger partial charge in [-0.15, -0.1) is 0 Å². The predicted molar refractivity (Wildman–Crippen MR) is 74.5 cm³/mol. The number of carbonyl (C=O) groups excluding carboxylic acids is 1. The van der Waals surface area contributed by atoms with Crippen molar-refractivity contribution in [3.05, 3.63) is 16.4 Å². The van der Waals surface area contributed by atoms with Gasteiger partial charge in [0.1, 0.15) is 9.08 Å². The monoisotopic (exact) mass is 371 g/mol. The van der Waals surface area contributed by atoms with E-state index < -0.39 is 0 Å². The van der Waals surface area contributed by atoms with Crippen molar-refractivity contribution < 1.29 is 9.53 Å². The van der Waals surface area contributed by atoms with Gasteiger partial charge >= 0.3 is 5.97 Å². The first-order chi connectivity index (χ1) is 7.97. The van der Waals surface area contributed by atoms with Crippen molar-refractivity contribution in [3.63, 3.8) is 0 Å². The third kappa shape index (κ3) is 3.82. The molecule has 0 radical (unpaired) electrons. The van der Waals surface area contributed by atoms with Gasteiger partial charge in [-0.2, -0.15) is 5.10 Å². The van der Waals surface area contributed by atoms with Crippen LogP contribution in [0.4, 0.5) is 0 Å². The molecule has 0 bridgehead atoms. The second-order valence-electron chi connectivity index (χ2n) is 3.60. The van der Waals surface area contributed by atoms with E-state index in [0.717, 1.165) is 11.3 Å². The standard InChI is InChI=1S/C10H15ClIN3O2/c1-6-7(9(11)15(2)14-6)4-13-5-8(12)10(16)17-3/h8,13H,4-5H2,1-3H3. The number of rotatable bonds is 5. The molecule has 0 spiro atoms. The van der Waals surface area contributed by atoms with Gasteiger partial charge in [0.25, 0.3) is 0 Å². The van der Waals surface area contributed by atoms with E-state index >= 15 is 0 Å². The number of hydrogen-bond acceptors (Lipinski definition) is 4. The summed E-state index contributed by atoms with van der Waals surface area (Å²) < 4.78 is 6.07. The molecule has 0 aliphatic rings. The van der Waals surface area contributed by atoms with Crippen molar-refractivity contribution >= 4 is 40.2 Å². The summed E-state index contributed by atoms with van der Waals surface area (Å²) in [4.78, 5) is 11.2. The zero-order chi connectivity index (χ0) is 13.0. The Morgan fingerprint density at radius 2 is 2.35 bits per heavy atom. The van der Waals surface area contributed by atoms with Gasteiger partial charge in [0, 0.05) is 25.7 Å². The average molecular weight is 372 g/mol. The van der Waals surface area contributed by atoms with Crippen LogP contribution in [0.2, 0.25) is 5.15 Å². The number of nitrogens with one attached hydrogen (secondary N) is 1. The first kappa shape index (κ1) is 14.7. The van der Waals surface area contributed by atoms with Gasteiger partial charge in [-0.05, 0) is 6.92 Å². The van der Waals surface area contributed by atoms with Crippen LogP contribution in [0.15, 0.2) is 0 Å². The smallest absolute Gasteiger partial charge is 0.319 e. The van der Waals surface area contributed by atoms with Gasteiger partial charge in [0.05, 0.1) is 12.8 Å².